The van der Waals surface area contributed by atoms with Gasteiger partial charge in [0.2, 0.25) is 0 Å². The Bertz CT molecular complexity index is 309. The average molecular weight is 232 g/mol. The van der Waals surface area contributed by atoms with Crippen molar-refractivity contribution in [1.82, 2.24) is 15.0 Å². The average Bonchev–Trinajstić information content (AvgIpc) is 2.63. The largest absolute Gasteiger partial charge is 0.379 e. The van der Waals surface area contributed by atoms with Crippen LogP contribution in [0.5, 0.6) is 0 Å². The summed E-state index contributed by atoms with van der Waals surface area (Å²) in [5, 5.41) is 7.90. The SMILES string of the molecule is COC(C)(C)CCn1cc(C(C)Cl)nn1. The highest BCUT2D eigenvalue weighted by Crippen LogP contribution is 2.17. The van der Waals surface area contributed by atoms with Crippen molar-refractivity contribution in [3.05, 3.63) is 11.9 Å². The van der Waals surface area contributed by atoms with Gasteiger partial charge in [-0.3, -0.25) is 4.68 Å². The Kier molecular flexibility index (Phi) is 4.11. The van der Waals surface area contributed by atoms with Gasteiger partial charge in [-0.2, -0.15) is 0 Å². The van der Waals surface area contributed by atoms with Crippen molar-refractivity contribution in [2.24, 2.45) is 0 Å². The van der Waals surface area contributed by atoms with Crippen molar-refractivity contribution in [1.29, 1.82) is 0 Å². The monoisotopic (exact) mass is 231 g/mol. The van der Waals surface area contributed by atoms with Crippen LogP contribution >= 0.6 is 11.6 Å². The van der Waals surface area contributed by atoms with Crippen LogP contribution in [0.1, 0.15) is 38.3 Å². The summed E-state index contributed by atoms with van der Waals surface area (Å²) in [4.78, 5) is 0. The van der Waals surface area contributed by atoms with Crippen LogP contribution < -0.4 is 0 Å². The molecule has 1 aromatic rings. The lowest BCUT2D eigenvalue weighted by atomic mass is 10.1. The summed E-state index contributed by atoms with van der Waals surface area (Å²) in [5.41, 5.74) is 0.686. The van der Waals surface area contributed by atoms with Crippen LogP contribution in [0.15, 0.2) is 6.20 Å². The number of alkyl halides is 1. The highest BCUT2D eigenvalue weighted by molar-refractivity contribution is 6.20. The molecule has 0 aliphatic carbocycles. The van der Waals surface area contributed by atoms with Crippen LogP contribution in [0.25, 0.3) is 0 Å². The van der Waals surface area contributed by atoms with Crippen molar-refractivity contribution in [3.8, 4) is 0 Å². The van der Waals surface area contributed by atoms with E-state index in [9.17, 15) is 0 Å². The molecule has 0 spiro atoms. The van der Waals surface area contributed by atoms with Crippen molar-refractivity contribution >= 4 is 11.6 Å². The van der Waals surface area contributed by atoms with Crippen molar-refractivity contribution < 1.29 is 4.74 Å². The zero-order valence-electron chi connectivity index (χ0n) is 9.70. The van der Waals surface area contributed by atoms with Gasteiger partial charge < -0.3 is 4.74 Å². The highest BCUT2D eigenvalue weighted by Gasteiger charge is 2.16. The summed E-state index contributed by atoms with van der Waals surface area (Å²) in [7, 11) is 1.72. The van der Waals surface area contributed by atoms with Gasteiger partial charge in [0, 0.05) is 19.9 Å². The standard InChI is InChI=1S/C10H18ClN3O/c1-8(11)9-7-14(13-12-9)6-5-10(2,3)15-4/h7-8H,5-6H2,1-4H3. The lowest BCUT2D eigenvalue weighted by Crippen LogP contribution is -2.24. The van der Waals surface area contributed by atoms with E-state index in [1.807, 2.05) is 13.1 Å². The minimum absolute atomic E-state index is 0.0887. The van der Waals surface area contributed by atoms with Gasteiger partial charge >= 0.3 is 0 Å². The Labute approximate surface area is 95.6 Å². The molecule has 86 valence electrons. The zero-order chi connectivity index (χ0) is 11.5. The minimum Gasteiger partial charge on any atom is -0.379 e. The Morgan fingerprint density at radius 1 is 1.60 bits per heavy atom. The first-order chi connectivity index (χ1) is 6.94. The summed E-state index contributed by atoms with van der Waals surface area (Å²) >= 11 is 5.89. The van der Waals surface area contributed by atoms with Gasteiger partial charge in [-0.1, -0.05) is 5.21 Å². The van der Waals surface area contributed by atoms with E-state index in [1.54, 1.807) is 11.8 Å². The first-order valence-corrected chi connectivity index (χ1v) is 5.47. The molecule has 1 heterocycles. The van der Waals surface area contributed by atoms with Gasteiger partial charge in [-0.25, -0.2) is 0 Å². The van der Waals surface area contributed by atoms with E-state index in [2.05, 4.69) is 24.2 Å². The van der Waals surface area contributed by atoms with Crippen LogP contribution in [-0.2, 0) is 11.3 Å². The van der Waals surface area contributed by atoms with E-state index in [1.165, 1.54) is 0 Å². The molecule has 1 aromatic heterocycles. The summed E-state index contributed by atoms with van der Waals surface area (Å²) < 4.78 is 7.13. The first-order valence-electron chi connectivity index (χ1n) is 5.04. The van der Waals surface area contributed by atoms with E-state index in [4.69, 9.17) is 16.3 Å². The molecule has 0 N–H and O–H groups in total. The van der Waals surface area contributed by atoms with Crippen LogP contribution in [0.4, 0.5) is 0 Å². The molecule has 0 aromatic carbocycles. The normalized spacial score (nSPS) is 14.2. The summed E-state index contributed by atoms with van der Waals surface area (Å²) in [6.45, 7) is 6.77. The first kappa shape index (κ1) is 12.5. The predicted molar refractivity (Wildman–Crippen MR) is 60.0 cm³/mol. The Balaban J connectivity index is 2.51. The smallest absolute Gasteiger partial charge is 0.100 e. The van der Waals surface area contributed by atoms with Crippen molar-refractivity contribution in [2.45, 2.75) is 44.7 Å². The maximum atomic E-state index is 5.89. The van der Waals surface area contributed by atoms with Gasteiger partial charge in [0.15, 0.2) is 0 Å². The molecule has 15 heavy (non-hydrogen) atoms. The molecule has 0 saturated heterocycles. The third-order valence-corrected chi connectivity index (χ3v) is 2.68. The topological polar surface area (TPSA) is 39.9 Å². The predicted octanol–water partition coefficient (Wildman–Crippen LogP) is 2.39. The summed E-state index contributed by atoms with van der Waals surface area (Å²) in [6.07, 6.45) is 2.77. The quantitative estimate of drug-likeness (QED) is 0.731. The number of ether oxygens (including phenoxy) is 1. The molecule has 1 rings (SSSR count). The fourth-order valence-electron chi connectivity index (χ4n) is 1.09. The van der Waals surface area contributed by atoms with Crippen LogP contribution in [0, 0.1) is 0 Å². The maximum Gasteiger partial charge on any atom is 0.100 e. The van der Waals surface area contributed by atoms with Crippen LogP contribution in [-0.4, -0.2) is 27.7 Å². The molecular weight excluding hydrogens is 214 g/mol. The molecule has 0 aliphatic rings. The Morgan fingerprint density at radius 2 is 2.27 bits per heavy atom. The second kappa shape index (κ2) is 4.94. The van der Waals surface area contributed by atoms with Gasteiger partial charge in [0.1, 0.15) is 5.69 Å². The van der Waals surface area contributed by atoms with Gasteiger partial charge in [-0.05, 0) is 27.2 Å². The highest BCUT2D eigenvalue weighted by atomic mass is 35.5. The van der Waals surface area contributed by atoms with Crippen LogP contribution in [0.3, 0.4) is 0 Å². The molecule has 0 radical (unpaired) electrons. The Hall–Kier alpha value is -0.610. The van der Waals surface area contributed by atoms with E-state index >= 15 is 0 Å². The van der Waals surface area contributed by atoms with Gasteiger partial charge in [0.25, 0.3) is 0 Å². The van der Waals surface area contributed by atoms with Gasteiger partial charge in [-0.15, -0.1) is 16.7 Å². The molecular formula is C10H18ClN3O. The fourth-order valence-corrected chi connectivity index (χ4v) is 1.19. The molecule has 1 unspecified atom stereocenters. The maximum absolute atomic E-state index is 5.89. The molecule has 1 atom stereocenters. The number of methoxy groups -OCH3 is 1. The lowest BCUT2D eigenvalue weighted by molar-refractivity contribution is 0.0112. The third-order valence-electron chi connectivity index (χ3n) is 2.46. The van der Waals surface area contributed by atoms with Crippen molar-refractivity contribution in [3.63, 3.8) is 0 Å². The second-order valence-corrected chi connectivity index (χ2v) is 4.89. The molecule has 5 heteroatoms. The molecule has 0 fully saturated rings. The number of rotatable bonds is 5. The summed E-state index contributed by atoms with van der Waals surface area (Å²) in [6, 6.07) is 0. The van der Waals surface area contributed by atoms with E-state index in [-0.39, 0.29) is 11.0 Å². The lowest BCUT2D eigenvalue weighted by Gasteiger charge is -2.22. The van der Waals surface area contributed by atoms with Crippen LogP contribution in [0.2, 0.25) is 0 Å². The summed E-state index contributed by atoms with van der Waals surface area (Å²) in [5.74, 6) is 0. The molecule has 0 aliphatic heterocycles. The van der Waals surface area contributed by atoms with E-state index < -0.39 is 0 Å². The number of halogens is 1. The third kappa shape index (κ3) is 3.80. The minimum atomic E-state index is -0.126. The molecule has 0 bridgehead atoms. The van der Waals surface area contributed by atoms with E-state index in [0.717, 1.165) is 18.7 Å². The number of aromatic nitrogens is 3. The van der Waals surface area contributed by atoms with Gasteiger partial charge in [0.05, 0.1) is 11.0 Å². The zero-order valence-corrected chi connectivity index (χ0v) is 10.5. The molecule has 0 amide bonds. The number of hydrogen-bond acceptors (Lipinski definition) is 3. The fraction of sp³-hybridized carbons (Fsp3) is 0.800. The van der Waals surface area contributed by atoms with E-state index in [0.29, 0.717) is 0 Å². The second-order valence-electron chi connectivity index (χ2n) is 4.24. The Morgan fingerprint density at radius 3 is 2.73 bits per heavy atom. The number of nitrogens with zero attached hydrogens (tertiary/aromatic N) is 3. The molecule has 4 nitrogen and oxygen atoms in total. The van der Waals surface area contributed by atoms with Crippen molar-refractivity contribution in [2.75, 3.05) is 7.11 Å². The number of aryl methyl sites for hydroxylation is 1. The number of hydrogen-bond donors (Lipinski definition) is 0. The molecule has 0 saturated carbocycles.